The topological polar surface area (TPSA) is 74.7 Å². The lowest BCUT2D eigenvalue weighted by Gasteiger charge is -2.29. The number of benzene rings is 2. The molecule has 1 aliphatic carbocycles. The maximum atomic E-state index is 13.3. The van der Waals surface area contributed by atoms with E-state index in [2.05, 4.69) is 0 Å². The first kappa shape index (κ1) is 16.5. The molecule has 1 saturated carbocycles. The van der Waals surface area contributed by atoms with E-state index in [1.165, 1.54) is 4.31 Å². The van der Waals surface area contributed by atoms with Gasteiger partial charge >= 0.3 is 5.97 Å². The minimum absolute atomic E-state index is 0.0831. The van der Waals surface area contributed by atoms with Crippen LogP contribution in [0, 0.1) is 5.92 Å². The quantitative estimate of drug-likeness (QED) is 0.913. The van der Waals surface area contributed by atoms with Crippen molar-refractivity contribution in [2.75, 3.05) is 0 Å². The first-order valence-electron chi connectivity index (χ1n) is 8.73. The predicted molar refractivity (Wildman–Crippen MR) is 94.8 cm³/mol. The molecule has 0 spiro atoms. The van der Waals surface area contributed by atoms with Crippen LogP contribution in [0.1, 0.15) is 32.1 Å². The summed E-state index contributed by atoms with van der Waals surface area (Å²) in [6.07, 6.45) is 4.13. The van der Waals surface area contributed by atoms with Gasteiger partial charge in [-0.2, -0.15) is 4.31 Å². The molecule has 4 rings (SSSR count). The number of fused-ring (bicyclic) bond motifs is 3. The highest BCUT2D eigenvalue weighted by Crippen LogP contribution is 2.42. The zero-order valence-electron chi connectivity index (χ0n) is 13.8. The third kappa shape index (κ3) is 2.73. The van der Waals surface area contributed by atoms with E-state index in [-0.39, 0.29) is 16.9 Å². The summed E-state index contributed by atoms with van der Waals surface area (Å²) in [7, 11) is -3.84. The van der Waals surface area contributed by atoms with E-state index in [0.29, 0.717) is 6.42 Å². The standard InChI is InChI=1S/C19H21NO4S/c21-19(22)18-15-7-3-4-8-16(11-15)20(18)25(23,24)17-10-9-13-5-1-2-6-14(13)12-17/h1-2,5-6,9-10,12,15-16,18H,3-4,7-8,11H2,(H,21,22)/t15?,16?,18-/m1/s1. The molecule has 0 aromatic heterocycles. The van der Waals surface area contributed by atoms with Crippen LogP contribution in [0.25, 0.3) is 10.8 Å². The molecule has 3 atom stereocenters. The number of carboxylic acids is 1. The smallest absolute Gasteiger partial charge is 0.322 e. The van der Waals surface area contributed by atoms with E-state index in [4.69, 9.17) is 0 Å². The van der Waals surface area contributed by atoms with Gasteiger partial charge < -0.3 is 5.11 Å². The predicted octanol–water partition coefficient (Wildman–Crippen LogP) is 3.25. The summed E-state index contributed by atoms with van der Waals surface area (Å²) in [6, 6.07) is 11.5. The van der Waals surface area contributed by atoms with E-state index >= 15 is 0 Å². The Labute approximate surface area is 147 Å². The monoisotopic (exact) mass is 359 g/mol. The van der Waals surface area contributed by atoms with Crippen molar-refractivity contribution in [3.63, 3.8) is 0 Å². The van der Waals surface area contributed by atoms with Crippen molar-refractivity contribution in [2.24, 2.45) is 5.92 Å². The summed E-state index contributed by atoms with van der Waals surface area (Å²) in [4.78, 5) is 12.0. The molecule has 0 radical (unpaired) electrons. The van der Waals surface area contributed by atoms with Crippen LogP contribution in [0.4, 0.5) is 0 Å². The van der Waals surface area contributed by atoms with Crippen molar-refractivity contribution in [1.29, 1.82) is 0 Å². The van der Waals surface area contributed by atoms with E-state index in [1.54, 1.807) is 18.2 Å². The Kier molecular flexibility index (Phi) is 4.04. The Hall–Kier alpha value is -1.92. The summed E-state index contributed by atoms with van der Waals surface area (Å²) in [5, 5.41) is 11.5. The van der Waals surface area contributed by atoms with Crippen LogP contribution in [0.5, 0.6) is 0 Å². The molecule has 2 fully saturated rings. The number of carboxylic acid groups (broad SMARTS) is 1. The molecular formula is C19H21NO4S. The van der Waals surface area contributed by atoms with Gasteiger partial charge in [0.25, 0.3) is 0 Å². The summed E-state index contributed by atoms with van der Waals surface area (Å²) < 4.78 is 27.9. The maximum absolute atomic E-state index is 13.3. The average molecular weight is 359 g/mol. The van der Waals surface area contributed by atoms with Crippen molar-refractivity contribution in [1.82, 2.24) is 4.31 Å². The van der Waals surface area contributed by atoms with Crippen molar-refractivity contribution in [2.45, 2.75) is 49.1 Å². The molecule has 2 aromatic rings. The number of hydrogen-bond donors (Lipinski definition) is 1. The molecule has 1 N–H and O–H groups in total. The fourth-order valence-corrected chi connectivity index (χ4v) is 6.33. The molecule has 132 valence electrons. The van der Waals surface area contributed by atoms with Crippen molar-refractivity contribution < 1.29 is 18.3 Å². The number of aliphatic carboxylic acids is 1. The zero-order chi connectivity index (χ0) is 17.6. The molecule has 1 aliphatic heterocycles. The number of nitrogens with zero attached hydrogens (tertiary/aromatic N) is 1. The highest BCUT2D eigenvalue weighted by molar-refractivity contribution is 7.89. The van der Waals surface area contributed by atoms with Gasteiger partial charge in [0.1, 0.15) is 6.04 Å². The Bertz CT molecular complexity index is 924. The SMILES string of the molecule is O=C(O)[C@H]1C2CCCCC(C2)N1S(=O)(=O)c1ccc2ccccc2c1. The molecule has 2 unspecified atom stereocenters. The molecule has 1 saturated heterocycles. The van der Waals surface area contributed by atoms with Crippen LogP contribution in [0.3, 0.4) is 0 Å². The van der Waals surface area contributed by atoms with Gasteiger partial charge in [-0.15, -0.1) is 0 Å². The Balaban J connectivity index is 1.80. The third-order valence-corrected chi connectivity index (χ3v) is 7.50. The lowest BCUT2D eigenvalue weighted by molar-refractivity contribution is -0.142. The lowest BCUT2D eigenvalue weighted by Crippen LogP contribution is -2.47. The second-order valence-corrected chi connectivity index (χ2v) is 8.90. The van der Waals surface area contributed by atoms with Gasteiger partial charge in [-0.25, -0.2) is 8.42 Å². The molecular weight excluding hydrogens is 338 g/mol. The fourth-order valence-electron chi connectivity index (χ4n) is 4.43. The van der Waals surface area contributed by atoms with Gasteiger partial charge in [0.05, 0.1) is 4.90 Å². The Morgan fingerprint density at radius 3 is 2.52 bits per heavy atom. The number of rotatable bonds is 3. The fraction of sp³-hybridized carbons (Fsp3) is 0.421. The van der Waals surface area contributed by atoms with Gasteiger partial charge in [0.15, 0.2) is 0 Å². The molecule has 2 bridgehead atoms. The van der Waals surface area contributed by atoms with Crippen LogP contribution in [-0.2, 0) is 14.8 Å². The van der Waals surface area contributed by atoms with Gasteiger partial charge in [-0.05, 0) is 48.1 Å². The zero-order valence-corrected chi connectivity index (χ0v) is 14.7. The normalized spacial score (nSPS) is 27.3. The highest BCUT2D eigenvalue weighted by atomic mass is 32.2. The Morgan fingerprint density at radius 2 is 1.76 bits per heavy atom. The second-order valence-electron chi connectivity index (χ2n) is 7.06. The van der Waals surface area contributed by atoms with Crippen LogP contribution in [0.15, 0.2) is 47.4 Å². The van der Waals surface area contributed by atoms with E-state index < -0.39 is 22.0 Å². The van der Waals surface area contributed by atoms with Crippen molar-refractivity contribution in [3.05, 3.63) is 42.5 Å². The number of carbonyl (C=O) groups is 1. The van der Waals surface area contributed by atoms with Crippen molar-refractivity contribution in [3.8, 4) is 0 Å². The number of hydrogen-bond acceptors (Lipinski definition) is 3. The third-order valence-electron chi connectivity index (χ3n) is 5.57. The van der Waals surface area contributed by atoms with Gasteiger partial charge in [-0.3, -0.25) is 4.79 Å². The van der Waals surface area contributed by atoms with Crippen LogP contribution < -0.4 is 0 Å². The van der Waals surface area contributed by atoms with Crippen LogP contribution >= 0.6 is 0 Å². The van der Waals surface area contributed by atoms with Crippen LogP contribution in [0.2, 0.25) is 0 Å². The van der Waals surface area contributed by atoms with E-state index in [0.717, 1.165) is 36.5 Å². The lowest BCUT2D eigenvalue weighted by atomic mass is 9.96. The van der Waals surface area contributed by atoms with Gasteiger partial charge in [0, 0.05) is 6.04 Å². The molecule has 2 aliphatic rings. The molecule has 25 heavy (non-hydrogen) atoms. The first-order chi connectivity index (χ1) is 12.0. The summed E-state index contributed by atoms with van der Waals surface area (Å²) >= 11 is 0. The molecule has 2 aromatic carbocycles. The highest BCUT2D eigenvalue weighted by Gasteiger charge is 2.51. The summed E-state index contributed by atoms with van der Waals surface area (Å²) in [5.74, 6) is -1.11. The minimum atomic E-state index is -3.84. The number of sulfonamides is 1. The molecule has 0 amide bonds. The minimum Gasteiger partial charge on any atom is -0.480 e. The molecule has 1 heterocycles. The summed E-state index contributed by atoms with van der Waals surface area (Å²) in [5.41, 5.74) is 0. The van der Waals surface area contributed by atoms with E-state index in [9.17, 15) is 18.3 Å². The largest absolute Gasteiger partial charge is 0.480 e. The average Bonchev–Trinajstić information content (AvgIpc) is 2.80. The molecule has 5 nitrogen and oxygen atoms in total. The van der Waals surface area contributed by atoms with E-state index in [1.807, 2.05) is 24.3 Å². The molecule has 6 heteroatoms. The maximum Gasteiger partial charge on any atom is 0.322 e. The van der Waals surface area contributed by atoms with Crippen LogP contribution in [-0.4, -0.2) is 35.9 Å². The van der Waals surface area contributed by atoms with Gasteiger partial charge in [0.2, 0.25) is 10.0 Å². The first-order valence-corrected chi connectivity index (χ1v) is 10.2. The van der Waals surface area contributed by atoms with Crippen molar-refractivity contribution >= 4 is 26.8 Å². The Morgan fingerprint density at radius 1 is 1.04 bits per heavy atom. The second kappa shape index (κ2) is 6.11. The van der Waals surface area contributed by atoms with Gasteiger partial charge in [-0.1, -0.05) is 43.2 Å². The summed E-state index contributed by atoms with van der Waals surface area (Å²) in [6.45, 7) is 0.